The number of rotatable bonds is 21. The van der Waals surface area contributed by atoms with E-state index < -0.39 is 11.5 Å². The minimum absolute atomic E-state index is 0.0261. The van der Waals surface area contributed by atoms with Crippen molar-refractivity contribution in [1.82, 2.24) is 49.7 Å². The molecule has 5 aromatic heterocycles. The van der Waals surface area contributed by atoms with Crippen LogP contribution in [0.3, 0.4) is 0 Å². The molecule has 23 heteroatoms. The topological polar surface area (TPSA) is 267 Å². The molecule has 76 heavy (non-hydrogen) atoms. The lowest BCUT2D eigenvalue weighted by Gasteiger charge is -2.39. The molecule has 0 radical (unpaired) electrons. The Bertz CT molecular complexity index is 3070. The fraction of sp³-hybridized carbons (Fsp3) is 0.396. The van der Waals surface area contributed by atoms with Gasteiger partial charge in [0.1, 0.15) is 54.0 Å². The number of Topliss-reactive ketones (excluding diaryl/α,β-unsaturated/α-hetero) is 1. The van der Waals surface area contributed by atoms with Crippen molar-refractivity contribution in [3.63, 3.8) is 0 Å². The van der Waals surface area contributed by atoms with E-state index in [1.807, 2.05) is 47.6 Å². The van der Waals surface area contributed by atoms with Crippen molar-refractivity contribution in [3.05, 3.63) is 120 Å². The second kappa shape index (κ2) is 23.8. The zero-order chi connectivity index (χ0) is 53.2. The van der Waals surface area contributed by atoms with Crippen molar-refractivity contribution in [2.24, 2.45) is 0 Å². The van der Waals surface area contributed by atoms with Gasteiger partial charge in [-0.1, -0.05) is 17.3 Å². The second-order valence-electron chi connectivity index (χ2n) is 18.9. The number of ether oxygens (including phenoxy) is 5. The lowest BCUT2D eigenvalue weighted by Crippen LogP contribution is -2.55. The number of nitrogens with zero attached hydrogens (tertiary/aromatic N) is 13. The van der Waals surface area contributed by atoms with Gasteiger partial charge in [0, 0.05) is 106 Å². The minimum atomic E-state index is -1.06. The Balaban J connectivity index is 0.632. The number of carboxylic acid groups (broad SMARTS) is 1. The summed E-state index contributed by atoms with van der Waals surface area (Å²) < 4.78 is 30.3. The van der Waals surface area contributed by atoms with Gasteiger partial charge in [-0.05, 0) is 57.2 Å². The molecule has 0 spiro atoms. The smallest absolute Gasteiger partial charge is 0.337 e. The number of nitriles is 1. The molecular formula is C53H57N13O10. The van der Waals surface area contributed by atoms with Crippen molar-refractivity contribution in [1.29, 1.82) is 5.26 Å². The Kier molecular flexibility index (Phi) is 16.4. The molecule has 8 heterocycles. The van der Waals surface area contributed by atoms with Gasteiger partial charge in [0.05, 0.1) is 61.6 Å². The summed E-state index contributed by atoms with van der Waals surface area (Å²) in [5.74, 6) is 1.14. The van der Waals surface area contributed by atoms with Crippen molar-refractivity contribution < 1.29 is 48.0 Å². The third-order valence-electron chi connectivity index (χ3n) is 13.3. The quantitative estimate of drug-likeness (QED) is 0.0964. The number of hydrogen-bond acceptors (Lipinski definition) is 19. The number of aromatic nitrogens is 8. The summed E-state index contributed by atoms with van der Waals surface area (Å²) in [6.07, 6.45) is 9.16. The van der Waals surface area contributed by atoms with E-state index in [-0.39, 0.29) is 74.1 Å². The number of likely N-dealkylation sites (tertiary alicyclic amines) is 1. The average molecular weight is 1040 g/mol. The number of anilines is 2. The highest BCUT2D eigenvalue weighted by atomic mass is 16.5. The van der Waals surface area contributed by atoms with Crippen LogP contribution >= 0.6 is 0 Å². The summed E-state index contributed by atoms with van der Waals surface area (Å²) in [4.78, 5) is 80.8. The van der Waals surface area contributed by atoms with E-state index in [1.54, 1.807) is 66.1 Å². The van der Waals surface area contributed by atoms with Crippen LogP contribution in [0.1, 0.15) is 71.3 Å². The molecule has 1 aromatic carbocycles. The van der Waals surface area contributed by atoms with Crippen LogP contribution < -0.4 is 19.3 Å². The highest BCUT2D eigenvalue weighted by molar-refractivity contribution is 6.13. The molecule has 3 aliphatic rings. The van der Waals surface area contributed by atoms with Gasteiger partial charge in [-0.15, -0.1) is 5.10 Å². The third-order valence-corrected chi connectivity index (χ3v) is 13.3. The molecular weight excluding hydrogens is 979 g/mol. The Morgan fingerprint density at radius 1 is 0.855 bits per heavy atom. The molecule has 0 aliphatic carbocycles. The van der Waals surface area contributed by atoms with E-state index in [4.69, 9.17) is 33.8 Å². The molecule has 23 nitrogen and oxygen atoms in total. The van der Waals surface area contributed by atoms with Gasteiger partial charge in [0.2, 0.25) is 23.6 Å². The number of ketones is 1. The first-order valence-corrected chi connectivity index (χ1v) is 24.9. The lowest BCUT2D eigenvalue weighted by molar-refractivity contribution is -0.138. The van der Waals surface area contributed by atoms with E-state index in [2.05, 4.69) is 36.3 Å². The van der Waals surface area contributed by atoms with E-state index in [1.165, 1.54) is 23.0 Å². The van der Waals surface area contributed by atoms with Gasteiger partial charge >= 0.3 is 5.97 Å². The number of carbonyl (C=O) groups is 4. The number of hydrogen-bond donors (Lipinski definition) is 1. The number of pyridine rings is 3. The van der Waals surface area contributed by atoms with Crippen LogP contribution in [0.4, 0.5) is 11.8 Å². The van der Waals surface area contributed by atoms with Gasteiger partial charge in [-0.2, -0.15) is 5.26 Å². The maximum atomic E-state index is 13.5. The number of aromatic carboxylic acids is 1. The monoisotopic (exact) mass is 1040 g/mol. The number of amides is 2. The van der Waals surface area contributed by atoms with Crippen LogP contribution in [0.5, 0.6) is 17.4 Å². The van der Waals surface area contributed by atoms with Crippen molar-refractivity contribution in [3.8, 4) is 34.7 Å². The number of carboxylic acids is 1. The lowest BCUT2D eigenvalue weighted by atomic mass is 9.97. The molecule has 1 atom stereocenters. The molecule has 2 amide bonds. The molecule has 0 unspecified atom stereocenters. The van der Waals surface area contributed by atoms with E-state index in [9.17, 15) is 24.4 Å². The van der Waals surface area contributed by atoms with Gasteiger partial charge in [-0.25, -0.2) is 34.4 Å². The third kappa shape index (κ3) is 12.5. The summed E-state index contributed by atoms with van der Waals surface area (Å²) in [6, 6.07) is 19.2. The van der Waals surface area contributed by atoms with Gasteiger partial charge in [-0.3, -0.25) is 14.4 Å². The zero-order valence-electron chi connectivity index (χ0n) is 42.4. The molecule has 2 fully saturated rings. The highest BCUT2D eigenvalue weighted by Gasteiger charge is 2.45. The first-order valence-electron chi connectivity index (χ1n) is 24.9. The Labute approximate surface area is 438 Å². The molecule has 2 saturated heterocycles. The predicted octanol–water partition coefficient (Wildman–Crippen LogP) is 4.62. The molecule has 0 saturated carbocycles. The van der Waals surface area contributed by atoms with Crippen LogP contribution in [-0.4, -0.2) is 162 Å². The standard InChI is InChI=1S/C53H57N13O10/c1-35-29-63(52-57-27-38(28-58-52)44-11-10-43-49(69)53(2,3)66(50(43)59-44)30-37-6-5-15-55-45(37)25-54)18-19-65(35)47(67)32-64-31-39(60-61-64)33-73-22-20-72-21-23-74-34-48(68)62-16-13-40(14-17-62)75-41-7-4-8-42(24-41)76-46-12-9-36(26-56-46)51(70)71/h4-12,15,24,26-28,31,35,40H,13-14,16-23,29-30,32-34H2,1-3H3,(H,70,71)/t35-/m1/s1. The molecule has 3 aliphatic heterocycles. The molecule has 394 valence electrons. The molecule has 0 bridgehead atoms. The van der Waals surface area contributed by atoms with Crippen molar-refractivity contribution >= 4 is 35.3 Å². The average Bonchev–Trinajstić information content (AvgIpc) is 4.03. The largest absolute Gasteiger partial charge is 0.490 e. The normalized spacial score (nSPS) is 16.3. The zero-order valence-corrected chi connectivity index (χ0v) is 42.4. The van der Waals surface area contributed by atoms with Crippen LogP contribution in [0.25, 0.3) is 11.3 Å². The van der Waals surface area contributed by atoms with Crippen LogP contribution in [0.2, 0.25) is 0 Å². The number of piperazine rings is 1. The SMILES string of the molecule is C[C@@H]1CN(c2ncc(-c3ccc4c(n3)N(Cc3cccnc3C#N)C(C)(C)C4=O)cn2)CCN1C(=O)Cn1cc(COCCOCCOCC(=O)N2CCC(Oc3cccc(Oc4ccc(C(=O)O)cn4)c3)CC2)nn1. The summed E-state index contributed by atoms with van der Waals surface area (Å²) in [7, 11) is 0. The number of carbonyl (C=O) groups excluding carboxylic acids is 3. The first kappa shape index (κ1) is 52.4. The van der Waals surface area contributed by atoms with Gasteiger partial charge in [0.25, 0.3) is 0 Å². The first-order chi connectivity index (χ1) is 36.8. The van der Waals surface area contributed by atoms with Gasteiger partial charge < -0.3 is 48.4 Å². The Hall–Kier alpha value is -8.46. The van der Waals surface area contributed by atoms with Crippen molar-refractivity contribution in [2.75, 3.05) is 75.6 Å². The maximum Gasteiger partial charge on any atom is 0.337 e. The summed E-state index contributed by atoms with van der Waals surface area (Å²) in [5, 5.41) is 27.0. The molecule has 9 rings (SSSR count). The van der Waals surface area contributed by atoms with Gasteiger partial charge in [0.15, 0.2) is 5.78 Å². The van der Waals surface area contributed by atoms with Crippen LogP contribution in [0.15, 0.2) is 91.6 Å². The summed E-state index contributed by atoms with van der Waals surface area (Å²) in [6.45, 7) is 9.91. The summed E-state index contributed by atoms with van der Waals surface area (Å²) >= 11 is 0. The summed E-state index contributed by atoms with van der Waals surface area (Å²) in [5.41, 5.74) is 2.56. The second-order valence-corrected chi connectivity index (χ2v) is 18.9. The highest BCUT2D eigenvalue weighted by Crippen LogP contribution is 2.40. The van der Waals surface area contributed by atoms with Crippen molar-refractivity contribution in [2.45, 2.75) is 71.0 Å². The predicted molar refractivity (Wildman–Crippen MR) is 271 cm³/mol. The number of piperidine rings is 1. The molecule has 6 aromatic rings. The fourth-order valence-corrected chi connectivity index (χ4v) is 9.14. The van der Waals surface area contributed by atoms with E-state index in [0.29, 0.717) is 122 Å². The van der Waals surface area contributed by atoms with E-state index in [0.717, 1.165) is 0 Å². The van der Waals surface area contributed by atoms with E-state index >= 15 is 0 Å². The molecule has 1 N–H and O–H groups in total. The van der Waals surface area contributed by atoms with Crippen LogP contribution in [0, 0.1) is 11.3 Å². The Morgan fingerprint density at radius 2 is 1.63 bits per heavy atom. The van der Waals surface area contributed by atoms with Crippen LogP contribution in [-0.2, 0) is 43.5 Å². The maximum absolute atomic E-state index is 13.5. The fourth-order valence-electron chi connectivity index (χ4n) is 9.14. The Morgan fingerprint density at radius 3 is 2.38 bits per heavy atom. The number of benzene rings is 1. The minimum Gasteiger partial charge on any atom is -0.490 e. The number of fused-ring (bicyclic) bond motifs is 1.